The van der Waals surface area contributed by atoms with Gasteiger partial charge in [0.25, 0.3) is 0 Å². The Morgan fingerprint density at radius 1 is 1.38 bits per heavy atom. The topological polar surface area (TPSA) is 41.1 Å². The average molecular weight is 200 g/mol. The van der Waals surface area contributed by atoms with E-state index in [0.29, 0.717) is 11.3 Å². The molecule has 0 aromatic heterocycles. The molecule has 0 spiro atoms. The largest absolute Gasteiger partial charge is 0.337 e. The van der Waals surface area contributed by atoms with E-state index in [9.17, 15) is 4.79 Å². The van der Waals surface area contributed by atoms with Gasteiger partial charge >= 0.3 is 6.03 Å². The molecule has 2 N–H and O–H groups in total. The standard InChI is InChI=1S/C9H16N2OS/c12-9(11-7-3-4-7)10-6-8-2-1-5-13-8/h7-8H,1-6H2,(H2,10,11,12). The maximum absolute atomic E-state index is 11.2. The van der Waals surface area contributed by atoms with Gasteiger partial charge in [-0.3, -0.25) is 0 Å². The molecule has 1 unspecified atom stereocenters. The number of urea groups is 1. The second-order valence-electron chi connectivity index (χ2n) is 3.76. The molecule has 2 aliphatic rings. The molecule has 0 radical (unpaired) electrons. The third-order valence-electron chi connectivity index (χ3n) is 2.43. The van der Waals surface area contributed by atoms with Gasteiger partial charge in [0.2, 0.25) is 0 Å². The molecule has 1 atom stereocenters. The van der Waals surface area contributed by atoms with Gasteiger partial charge in [0, 0.05) is 17.8 Å². The van der Waals surface area contributed by atoms with E-state index in [1.165, 1.54) is 18.6 Å². The highest BCUT2D eigenvalue weighted by molar-refractivity contribution is 8.00. The highest BCUT2D eigenvalue weighted by atomic mass is 32.2. The van der Waals surface area contributed by atoms with Gasteiger partial charge in [-0.05, 0) is 31.4 Å². The monoisotopic (exact) mass is 200 g/mol. The highest BCUT2D eigenvalue weighted by Gasteiger charge is 2.23. The first-order chi connectivity index (χ1) is 6.34. The van der Waals surface area contributed by atoms with Gasteiger partial charge in [-0.1, -0.05) is 0 Å². The molecular formula is C9H16N2OS. The minimum Gasteiger partial charge on any atom is -0.337 e. The van der Waals surface area contributed by atoms with E-state index < -0.39 is 0 Å². The van der Waals surface area contributed by atoms with Gasteiger partial charge in [0.1, 0.15) is 0 Å². The lowest BCUT2D eigenvalue weighted by molar-refractivity contribution is 0.240. The van der Waals surface area contributed by atoms with Crippen LogP contribution in [-0.4, -0.2) is 29.6 Å². The van der Waals surface area contributed by atoms with Crippen molar-refractivity contribution in [2.24, 2.45) is 0 Å². The molecule has 1 aliphatic heterocycles. The third kappa shape index (κ3) is 3.10. The number of carbonyl (C=O) groups is 1. The number of nitrogens with one attached hydrogen (secondary N) is 2. The summed E-state index contributed by atoms with van der Waals surface area (Å²) in [5, 5.41) is 6.50. The number of rotatable bonds is 3. The van der Waals surface area contributed by atoms with Crippen LogP contribution in [-0.2, 0) is 0 Å². The van der Waals surface area contributed by atoms with Crippen LogP contribution in [0.15, 0.2) is 0 Å². The number of amides is 2. The van der Waals surface area contributed by atoms with Gasteiger partial charge in [0.05, 0.1) is 0 Å². The number of hydrogen-bond acceptors (Lipinski definition) is 2. The molecular weight excluding hydrogens is 184 g/mol. The fraction of sp³-hybridized carbons (Fsp3) is 0.889. The average Bonchev–Trinajstić information content (AvgIpc) is 2.78. The lowest BCUT2D eigenvalue weighted by atomic mass is 10.2. The zero-order valence-corrected chi connectivity index (χ0v) is 8.53. The number of carbonyl (C=O) groups excluding carboxylic acids is 1. The van der Waals surface area contributed by atoms with Crippen molar-refractivity contribution in [2.45, 2.75) is 37.0 Å². The summed E-state index contributed by atoms with van der Waals surface area (Å²) >= 11 is 1.98. The second kappa shape index (κ2) is 4.22. The smallest absolute Gasteiger partial charge is 0.315 e. The van der Waals surface area contributed by atoms with Gasteiger partial charge in [-0.25, -0.2) is 4.79 Å². The zero-order valence-electron chi connectivity index (χ0n) is 7.71. The fourth-order valence-electron chi connectivity index (χ4n) is 1.48. The van der Waals surface area contributed by atoms with Crippen molar-refractivity contribution in [3.05, 3.63) is 0 Å². The fourth-order valence-corrected chi connectivity index (χ4v) is 2.68. The second-order valence-corrected chi connectivity index (χ2v) is 5.17. The molecule has 74 valence electrons. The van der Waals surface area contributed by atoms with E-state index >= 15 is 0 Å². The summed E-state index contributed by atoms with van der Waals surface area (Å²) < 4.78 is 0. The van der Waals surface area contributed by atoms with Crippen LogP contribution in [0.2, 0.25) is 0 Å². The van der Waals surface area contributed by atoms with Crippen molar-refractivity contribution >= 4 is 17.8 Å². The Hall–Kier alpha value is -0.380. The highest BCUT2D eigenvalue weighted by Crippen LogP contribution is 2.25. The van der Waals surface area contributed by atoms with Gasteiger partial charge in [-0.2, -0.15) is 11.8 Å². The van der Waals surface area contributed by atoms with Crippen molar-refractivity contribution in [3.8, 4) is 0 Å². The predicted molar refractivity (Wildman–Crippen MR) is 55.0 cm³/mol. The summed E-state index contributed by atoms with van der Waals surface area (Å²) in [5.41, 5.74) is 0. The first-order valence-electron chi connectivity index (χ1n) is 5.00. The Bertz CT molecular complexity index is 188. The van der Waals surface area contributed by atoms with Crippen LogP contribution in [0.1, 0.15) is 25.7 Å². The van der Waals surface area contributed by atoms with Gasteiger partial charge < -0.3 is 10.6 Å². The molecule has 0 aromatic rings. The first kappa shape index (κ1) is 9.19. The quantitative estimate of drug-likeness (QED) is 0.722. The van der Waals surface area contributed by atoms with Crippen LogP contribution in [0, 0.1) is 0 Å². The Labute approximate surface area is 83.0 Å². The SMILES string of the molecule is O=C(NCC1CCCS1)NC1CC1. The minimum absolute atomic E-state index is 0.0231. The van der Waals surface area contributed by atoms with Crippen LogP contribution in [0.5, 0.6) is 0 Å². The molecule has 0 aromatic carbocycles. The van der Waals surface area contributed by atoms with Gasteiger partial charge in [0.15, 0.2) is 0 Å². The molecule has 4 heteroatoms. The van der Waals surface area contributed by atoms with Crippen molar-refractivity contribution in [1.82, 2.24) is 10.6 Å². The molecule has 1 saturated carbocycles. The molecule has 13 heavy (non-hydrogen) atoms. The predicted octanol–water partition coefficient (Wildman–Crippen LogP) is 1.34. The van der Waals surface area contributed by atoms with Crippen LogP contribution < -0.4 is 10.6 Å². The molecule has 2 rings (SSSR count). The number of thioether (sulfide) groups is 1. The van der Waals surface area contributed by atoms with E-state index in [1.807, 2.05) is 11.8 Å². The Morgan fingerprint density at radius 2 is 2.23 bits per heavy atom. The third-order valence-corrected chi connectivity index (χ3v) is 3.83. The lowest BCUT2D eigenvalue weighted by Crippen LogP contribution is -2.39. The van der Waals surface area contributed by atoms with Crippen molar-refractivity contribution in [1.29, 1.82) is 0 Å². The summed E-state index contributed by atoms with van der Waals surface area (Å²) in [4.78, 5) is 11.2. The molecule has 0 bridgehead atoms. The summed E-state index contributed by atoms with van der Waals surface area (Å²) in [6.07, 6.45) is 4.88. The van der Waals surface area contributed by atoms with E-state index in [0.717, 1.165) is 19.4 Å². The van der Waals surface area contributed by atoms with E-state index in [4.69, 9.17) is 0 Å². The molecule has 1 heterocycles. The molecule has 2 fully saturated rings. The number of hydrogen-bond donors (Lipinski definition) is 2. The Morgan fingerprint density at radius 3 is 2.85 bits per heavy atom. The van der Waals surface area contributed by atoms with Crippen LogP contribution in [0.4, 0.5) is 4.79 Å². The van der Waals surface area contributed by atoms with Crippen LogP contribution >= 0.6 is 11.8 Å². The summed E-state index contributed by atoms with van der Waals surface area (Å²) in [6, 6.07) is 0.492. The van der Waals surface area contributed by atoms with E-state index in [2.05, 4.69) is 10.6 Å². The van der Waals surface area contributed by atoms with E-state index in [-0.39, 0.29) is 6.03 Å². The van der Waals surface area contributed by atoms with Crippen molar-refractivity contribution in [3.63, 3.8) is 0 Å². The van der Waals surface area contributed by atoms with Crippen molar-refractivity contribution < 1.29 is 4.79 Å². The molecule has 3 nitrogen and oxygen atoms in total. The lowest BCUT2D eigenvalue weighted by Gasteiger charge is -2.10. The maximum atomic E-state index is 11.2. The zero-order chi connectivity index (χ0) is 9.10. The summed E-state index contributed by atoms with van der Waals surface area (Å²) in [7, 11) is 0. The molecule has 1 saturated heterocycles. The maximum Gasteiger partial charge on any atom is 0.315 e. The normalized spacial score (nSPS) is 27.2. The Balaban J connectivity index is 1.57. The van der Waals surface area contributed by atoms with Crippen LogP contribution in [0.25, 0.3) is 0 Å². The minimum atomic E-state index is 0.0231. The van der Waals surface area contributed by atoms with Gasteiger partial charge in [-0.15, -0.1) is 0 Å². The molecule has 2 amide bonds. The molecule has 1 aliphatic carbocycles. The first-order valence-corrected chi connectivity index (χ1v) is 6.05. The van der Waals surface area contributed by atoms with Crippen LogP contribution in [0.3, 0.4) is 0 Å². The summed E-state index contributed by atoms with van der Waals surface area (Å²) in [5.74, 6) is 1.26. The van der Waals surface area contributed by atoms with E-state index in [1.54, 1.807) is 0 Å². The Kier molecular flexibility index (Phi) is 2.98. The van der Waals surface area contributed by atoms with Crippen molar-refractivity contribution in [2.75, 3.05) is 12.3 Å². The summed E-state index contributed by atoms with van der Waals surface area (Å²) in [6.45, 7) is 0.837.